The summed E-state index contributed by atoms with van der Waals surface area (Å²) in [5, 5.41) is 7.46. The van der Waals surface area contributed by atoms with Crippen LogP contribution in [-0.4, -0.2) is 30.7 Å². The molecule has 2 aliphatic carbocycles. The van der Waals surface area contributed by atoms with E-state index in [4.69, 9.17) is 0 Å². The van der Waals surface area contributed by atoms with Gasteiger partial charge in [-0.1, -0.05) is 100 Å². The number of benzene rings is 2. The summed E-state index contributed by atoms with van der Waals surface area (Å²) < 4.78 is 0. The van der Waals surface area contributed by atoms with Gasteiger partial charge in [0.2, 0.25) is 0 Å². The van der Waals surface area contributed by atoms with Crippen molar-refractivity contribution >= 4 is 29.0 Å². The van der Waals surface area contributed by atoms with Crippen LogP contribution in [0.3, 0.4) is 0 Å². The van der Waals surface area contributed by atoms with Gasteiger partial charge in [-0.25, -0.2) is 11.1 Å². The zero-order chi connectivity index (χ0) is 28.1. The molecule has 5 heteroatoms. The second kappa shape index (κ2) is 14.3. The van der Waals surface area contributed by atoms with Gasteiger partial charge in [0.05, 0.1) is 0 Å². The predicted octanol–water partition coefficient (Wildman–Crippen LogP) is 8.85. The topological polar surface area (TPSA) is 24.1 Å². The summed E-state index contributed by atoms with van der Waals surface area (Å²) in [6.07, 6.45) is 7.56. The van der Waals surface area contributed by atoms with Crippen molar-refractivity contribution in [2.24, 2.45) is 0 Å². The minimum atomic E-state index is -0.789. The molecule has 0 bridgehead atoms. The Hall–Kier alpha value is -1.68. The molecule has 0 spiro atoms. The molecule has 4 rings (SSSR count). The fraction of sp³-hybridized carbons (Fsp3) is 0.412. The number of allylic oxidation sites excluding steroid dienone is 4. The van der Waals surface area contributed by atoms with Crippen LogP contribution in [0.4, 0.5) is 11.4 Å². The van der Waals surface area contributed by atoms with Gasteiger partial charge in [-0.2, -0.15) is 22.3 Å². The quantitative estimate of drug-likeness (QED) is 0.225. The third-order valence-electron chi connectivity index (χ3n) is 9.21. The van der Waals surface area contributed by atoms with Crippen LogP contribution in [0.25, 0.3) is 0 Å². The van der Waals surface area contributed by atoms with Gasteiger partial charge in [0.15, 0.2) is 0 Å². The molecular weight excluding hydrogens is 584 g/mol. The monoisotopic (exact) mass is 630 g/mol. The van der Waals surface area contributed by atoms with E-state index in [1.54, 1.807) is 0 Å². The number of nitrogens with one attached hydrogen (secondary N) is 2. The Morgan fingerprint density at radius 2 is 0.897 bits per heavy atom. The van der Waals surface area contributed by atoms with Crippen molar-refractivity contribution in [2.75, 3.05) is 23.7 Å². The van der Waals surface area contributed by atoms with Gasteiger partial charge in [0, 0.05) is 42.1 Å². The Bertz CT molecular complexity index is 1130. The van der Waals surface area contributed by atoms with Crippen molar-refractivity contribution in [3.63, 3.8) is 0 Å². The third-order valence-corrected chi connectivity index (χ3v) is 15.0. The maximum absolute atomic E-state index is 3.78. The van der Waals surface area contributed by atoms with Gasteiger partial charge in [-0.05, 0) is 24.3 Å². The number of hydrogen-bond donors (Lipinski definition) is 2. The van der Waals surface area contributed by atoms with E-state index >= 15 is 0 Å². The SMILES string of the molecule is CC1=C(C)C(C)([SiH](C)C)[C-]=C1CNc1ccccc1.CC1=C(C)C(C)([SiH](C)C)[C-]=C1CNc1ccccc1.[Zr+2]. The van der Waals surface area contributed by atoms with Crippen molar-refractivity contribution in [3.05, 3.63) is 106 Å². The zero-order valence-electron chi connectivity index (χ0n) is 25.8. The van der Waals surface area contributed by atoms with Crippen LogP contribution < -0.4 is 10.6 Å². The predicted molar refractivity (Wildman–Crippen MR) is 175 cm³/mol. The minimum Gasteiger partial charge on any atom is -0.384 e. The Labute approximate surface area is 261 Å². The molecule has 0 fully saturated rings. The molecule has 0 saturated heterocycles. The van der Waals surface area contributed by atoms with Gasteiger partial charge in [-0.15, -0.1) is 13.8 Å². The smallest absolute Gasteiger partial charge is 0.384 e. The molecule has 2 aromatic carbocycles. The van der Waals surface area contributed by atoms with Crippen molar-refractivity contribution in [1.29, 1.82) is 0 Å². The van der Waals surface area contributed by atoms with Gasteiger partial charge < -0.3 is 10.6 Å². The van der Waals surface area contributed by atoms with E-state index < -0.39 is 17.6 Å². The zero-order valence-corrected chi connectivity index (χ0v) is 30.6. The molecule has 206 valence electrons. The summed E-state index contributed by atoms with van der Waals surface area (Å²) in [6, 6.07) is 20.8. The first-order chi connectivity index (χ1) is 17.9. The number of anilines is 2. The molecular formula is C34H48N2Si2Zr. The summed E-state index contributed by atoms with van der Waals surface area (Å²) in [5.74, 6) is 0. The maximum atomic E-state index is 3.78. The summed E-state index contributed by atoms with van der Waals surface area (Å²) in [5.41, 5.74) is 11.0. The van der Waals surface area contributed by atoms with Gasteiger partial charge in [0.1, 0.15) is 0 Å². The molecule has 2 aliphatic rings. The van der Waals surface area contributed by atoms with Gasteiger partial charge in [0.25, 0.3) is 0 Å². The molecule has 0 heterocycles. The van der Waals surface area contributed by atoms with Crippen LogP contribution in [0.15, 0.2) is 94.1 Å². The second-order valence-corrected chi connectivity index (χ2v) is 18.8. The summed E-state index contributed by atoms with van der Waals surface area (Å²) >= 11 is 0. The van der Waals surface area contributed by atoms with Crippen LogP contribution in [0, 0.1) is 12.2 Å². The van der Waals surface area contributed by atoms with Gasteiger partial charge >= 0.3 is 26.2 Å². The molecule has 39 heavy (non-hydrogen) atoms. The van der Waals surface area contributed by atoms with Crippen LogP contribution in [0.2, 0.25) is 36.3 Å². The third kappa shape index (κ3) is 7.74. The standard InChI is InChI=1S/2C17H24NSi.Zr/c2*1-13-14(2)17(3,19(4)5)11-15(13)12-18-16-9-7-6-8-10-16;/h2*6-10,18-19H,12H2,1-5H3;/q2*-1;+2. The van der Waals surface area contributed by atoms with E-state index in [1.165, 1.54) is 44.8 Å². The van der Waals surface area contributed by atoms with E-state index in [0.717, 1.165) is 13.1 Å². The normalized spacial score (nSPS) is 22.4. The molecule has 2 atom stereocenters. The molecule has 2 aromatic rings. The van der Waals surface area contributed by atoms with E-state index in [0.29, 0.717) is 0 Å². The van der Waals surface area contributed by atoms with Crippen LogP contribution >= 0.6 is 0 Å². The molecule has 2 N–H and O–H groups in total. The molecule has 0 aliphatic heterocycles. The summed E-state index contributed by atoms with van der Waals surface area (Å²) in [6.45, 7) is 25.2. The summed E-state index contributed by atoms with van der Waals surface area (Å²) in [4.78, 5) is 0. The van der Waals surface area contributed by atoms with Crippen molar-refractivity contribution in [1.82, 2.24) is 0 Å². The molecule has 2 unspecified atom stereocenters. The Morgan fingerprint density at radius 3 is 1.15 bits per heavy atom. The molecule has 0 saturated carbocycles. The molecule has 0 aromatic heterocycles. The first kappa shape index (κ1) is 33.5. The Balaban J connectivity index is 0.000000267. The molecule has 0 radical (unpaired) electrons. The number of rotatable bonds is 8. The van der Waals surface area contributed by atoms with Crippen LogP contribution in [-0.2, 0) is 26.2 Å². The van der Waals surface area contributed by atoms with Crippen molar-refractivity contribution in [3.8, 4) is 0 Å². The Morgan fingerprint density at radius 1 is 0.590 bits per heavy atom. The Kier molecular flexibility index (Phi) is 12.3. The van der Waals surface area contributed by atoms with Crippen molar-refractivity contribution < 1.29 is 26.2 Å². The minimum absolute atomic E-state index is 0. The molecule has 2 nitrogen and oxygen atoms in total. The average Bonchev–Trinajstić information content (AvgIpc) is 3.28. The van der Waals surface area contributed by atoms with Crippen molar-refractivity contribution in [2.45, 2.75) is 77.8 Å². The van der Waals surface area contributed by atoms with E-state index in [-0.39, 0.29) is 36.3 Å². The average molecular weight is 632 g/mol. The van der Waals surface area contributed by atoms with E-state index in [2.05, 4.69) is 139 Å². The van der Waals surface area contributed by atoms with Crippen LogP contribution in [0.5, 0.6) is 0 Å². The molecule has 0 amide bonds. The van der Waals surface area contributed by atoms with Gasteiger partial charge in [-0.3, -0.25) is 12.2 Å². The maximum Gasteiger partial charge on any atom is 2.00 e. The summed E-state index contributed by atoms with van der Waals surface area (Å²) in [7, 11) is -1.58. The second-order valence-electron chi connectivity index (χ2n) is 11.9. The van der Waals surface area contributed by atoms with E-state index in [1.807, 2.05) is 12.1 Å². The fourth-order valence-corrected chi connectivity index (χ4v) is 8.33. The fourth-order valence-electron chi connectivity index (χ4n) is 5.23. The number of hydrogen-bond acceptors (Lipinski definition) is 2. The number of para-hydroxylation sites is 2. The van der Waals surface area contributed by atoms with Crippen LogP contribution in [0.1, 0.15) is 41.5 Å². The largest absolute Gasteiger partial charge is 2.00 e. The first-order valence-corrected chi connectivity index (χ1v) is 19.9. The first-order valence-electron chi connectivity index (χ1n) is 14.1. The van der Waals surface area contributed by atoms with E-state index in [9.17, 15) is 0 Å².